The summed E-state index contributed by atoms with van der Waals surface area (Å²) in [6.45, 7) is 6.09. The molecule has 20 heavy (non-hydrogen) atoms. The van der Waals surface area contributed by atoms with Gasteiger partial charge in [0.2, 0.25) is 0 Å². The summed E-state index contributed by atoms with van der Waals surface area (Å²) < 4.78 is 14.4. The molecule has 0 atom stereocenters. The van der Waals surface area contributed by atoms with E-state index in [2.05, 4.69) is 46.4 Å². The van der Waals surface area contributed by atoms with Crippen LogP contribution < -0.4 is 0 Å². The molecule has 0 unspecified atom stereocenters. The van der Waals surface area contributed by atoms with Crippen LogP contribution in [0.1, 0.15) is 25.1 Å². The third kappa shape index (κ3) is 3.67. The second-order valence-electron chi connectivity index (χ2n) is 5.21. The highest BCUT2D eigenvalue weighted by atomic mass is 127. The Labute approximate surface area is 136 Å². The van der Waals surface area contributed by atoms with Gasteiger partial charge in [0.05, 0.1) is 9.26 Å². The molecule has 0 amide bonds. The number of halogens is 3. The first-order valence-corrected chi connectivity index (χ1v) is 7.82. The minimum atomic E-state index is -0.288. The molecule has 2 aromatic rings. The average molecular weight is 405 g/mol. The lowest BCUT2D eigenvalue weighted by atomic mass is 10.1. The summed E-state index contributed by atoms with van der Waals surface area (Å²) in [6.07, 6.45) is 0.821. The largest absolute Gasteiger partial charge is 0.232 e. The van der Waals surface area contributed by atoms with Crippen LogP contribution in [0.3, 0.4) is 0 Å². The molecular formula is C15H15ClFIN2. The normalized spacial score (nSPS) is 11.2. The van der Waals surface area contributed by atoms with Crippen LogP contribution >= 0.6 is 34.2 Å². The van der Waals surface area contributed by atoms with Gasteiger partial charge >= 0.3 is 0 Å². The molecule has 106 valence electrons. The number of benzene rings is 1. The highest BCUT2D eigenvalue weighted by molar-refractivity contribution is 14.1. The van der Waals surface area contributed by atoms with Gasteiger partial charge in [-0.05, 0) is 65.6 Å². The SMILES string of the molecule is Cc1cc(F)cc(-c2nc(Cl)c(I)c(CC(C)C)n2)c1. The molecule has 5 heteroatoms. The van der Waals surface area contributed by atoms with Gasteiger partial charge in [0, 0.05) is 5.56 Å². The lowest BCUT2D eigenvalue weighted by Crippen LogP contribution is -2.04. The van der Waals surface area contributed by atoms with E-state index in [0.29, 0.717) is 22.5 Å². The fourth-order valence-corrected chi connectivity index (χ4v) is 2.63. The summed E-state index contributed by atoms with van der Waals surface area (Å²) in [7, 11) is 0. The third-order valence-electron chi connectivity index (χ3n) is 2.78. The van der Waals surface area contributed by atoms with Gasteiger partial charge < -0.3 is 0 Å². The predicted molar refractivity (Wildman–Crippen MR) is 88.4 cm³/mol. The summed E-state index contributed by atoms with van der Waals surface area (Å²) in [5, 5.41) is 0.424. The predicted octanol–water partition coefficient (Wildman–Crippen LogP) is 5.05. The summed E-state index contributed by atoms with van der Waals surface area (Å²) in [4.78, 5) is 8.83. The maximum absolute atomic E-state index is 13.5. The van der Waals surface area contributed by atoms with E-state index >= 15 is 0 Å². The highest BCUT2D eigenvalue weighted by Crippen LogP contribution is 2.26. The zero-order valence-corrected chi connectivity index (χ0v) is 14.5. The second-order valence-corrected chi connectivity index (χ2v) is 6.65. The Balaban J connectivity index is 2.54. The van der Waals surface area contributed by atoms with E-state index < -0.39 is 0 Å². The van der Waals surface area contributed by atoms with Gasteiger partial charge in [-0.2, -0.15) is 0 Å². The van der Waals surface area contributed by atoms with Crippen molar-refractivity contribution in [2.24, 2.45) is 5.92 Å². The molecule has 0 saturated carbocycles. The van der Waals surface area contributed by atoms with Crippen molar-refractivity contribution in [2.75, 3.05) is 0 Å². The highest BCUT2D eigenvalue weighted by Gasteiger charge is 2.14. The number of hydrogen-bond acceptors (Lipinski definition) is 2. The molecule has 0 spiro atoms. The van der Waals surface area contributed by atoms with Crippen molar-refractivity contribution in [1.29, 1.82) is 0 Å². The van der Waals surface area contributed by atoms with Crippen LogP contribution in [0.15, 0.2) is 18.2 Å². The van der Waals surface area contributed by atoms with Gasteiger partial charge in [-0.15, -0.1) is 0 Å². The van der Waals surface area contributed by atoms with E-state index in [9.17, 15) is 4.39 Å². The van der Waals surface area contributed by atoms with E-state index in [1.54, 1.807) is 0 Å². The molecule has 0 radical (unpaired) electrons. The van der Waals surface area contributed by atoms with Gasteiger partial charge in [0.25, 0.3) is 0 Å². The molecular weight excluding hydrogens is 390 g/mol. The van der Waals surface area contributed by atoms with Gasteiger partial charge in [-0.3, -0.25) is 0 Å². The molecule has 0 aliphatic rings. The minimum Gasteiger partial charge on any atom is -0.232 e. The fourth-order valence-electron chi connectivity index (χ4n) is 1.98. The maximum atomic E-state index is 13.5. The Morgan fingerprint density at radius 1 is 1.25 bits per heavy atom. The maximum Gasteiger partial charge on any atom is 0.161 e. The van der Waals surface area contributed by atoms with Crippen LogP contribution in [-0.4, -0.2) is 9.97 Å². The number of nitrogens with zero attached hydrogens (tertiary/aromatic N) is 2. The Morgan fingerprint density at radius 3 is 2.55 bits per heavy atom. The van der Waals surface area contributed by atoms with Crippen LogP contribution in [0.5, 0.6) is 0 Å². The smallest absolute Gasteiger partial charge is 0.161 e. The first-order chi connectivity index (χ1) is 9.36. The van der Waals surface area contributed by atoms with E-state index in [4.69, 9.17) is 11.6 Å². The molecule has 0 aliphatic carbocycles. The zero-order valence-electron chi connectivity index (χ0n) is 11.5. The Kier molecular flexibility index (Phi) is 4.96. The average Bonchev–Trinajstić information content (AvgIpc) is 2.32. The van der Waals surface area contributed by atoms with E-state index in [-0.39, 0.29) is 5.82 Å². The molecule has 1 heterocycles. The van der Waals surface area contributed by atoms with Crippen molar-refractivity contribution in [1.82, 2.24) is 9.97 Å². The summed E-state index contributed by atoms with van der Waals surface area (Å²) in [6, 6.07) is 4.78. The Morgan fingerprint density at radius 2 is 1.95 bits per heavy atom. The molecule has 0 aliphatic heterocycles. The van der Waals surface area contributed by atoms with Crippen molar-refractivity contribution < 1.29 is 4.39 Å². The molecule has 0 bridgehead atoms. The van der Waals surface area contributed by atoms with Gasteiger partial charge in [0.15, 0.2) is 5.82 Å². The third-order valence-corrected chi connectivity index (χ3v) is 4.51. The second kappa shape index (κ2) is 6.35. The standard InChI is InChI=1S/C15H15ClFIN2/c1-8(2)4-12-13(18)14(16)20-15(19-12)10-5-9(3)6-11(17)7-10/h5-8H,4H2,1-3H3. The molecule has 2 nitrogen and oxygen atoms in total. The zero-order chi connectivity index (χ0) is 14.9. The van der Waals surface area contributed by atoms with Gasteiger partial charge in [0.1, 0.15) is 11.0 Å². The van der Waals surface area contributed by atoms with Crippen LogP contribution in [0.4, 0.5) is 4.39 Å². The van der Waals surface area contributed by atoms with Crippen LogP contribution in [0, 0.1) is 22.2 Å². The first-order valence-electron chi connectivity index (χ1n) is 6.36. The van der Waals surface area contributed by atoms with E-state index in [1.165, 1.54) is 12.1 Å². The Hall–Kier alpha value is -0.750. The lowest BCUT2D eigenvalue weighted by molar-refractivity contribution is 0.626. The number of aromatic nitrogens is 2. The first kappa shape index (κ1) is 15.6. The van der Waals surface area contributed by atoms with Crippen LogP contribution in [0.25, 0.3) is 11.4 Å². The number of aryl methyl sites for hydroxylation is 1. The summed E-state index contributed by atoms with van der Waals surface area (Å²) >= 11 is 8.34. The lowest BCUT2D eigenvalue weighted by Gasteiger charge is -2.10. The fraction of sp³-hybridized carbons (Fsp3) is 0.333. The van der Waals surface area contributed by atoms with Crippen molar-refractivity contribution >= 4 is 34.2 Å². The molecule has 0 N–H and O–H groups in total. The molecule has 0 saturated heterocycles. The Bertz CT molecular complexity index is 624. The van der Waals surface area contributed by atoms with E-state index in [1.807, 2.05) is 13.0 Å². The topological polar surface area (TPSA) is 25.8 Å². The summed E-state index contributed by atoms with van der Waals surface area (Å²) in [5.41, 5.74) is 2.41. The van der Waals surface area contributed by atoms with E-state index in [0.717, 1.165) is 21.2 Å². The van der Waals surface area contributed by atoms with Crippen molar-refractivity contribution in [3.63, 3.8) is 0 Å². The van der Waals surface area contributed by atoms with Crippen LogP contribution in [-0.2, 0) is 6.42 Å². The van der Waals surface area contributed by atoms with Crippen molar-refractivity contribution in [3.8, 4) is 11.4 Å². The summed E-state index contributed by atoms with van der Waals surface area (Å²) in [5.74, 6) is 0.661. The van der Waals surface area contributed by atoms with Gasteiger partial charge in [-0.25, -0.2) is 14.4 Å². The number of hydrogen-bond donors (Lipinski definition) is 0. The minimum absolute atomic E-state index is 0.288. The monoisotopic (exact) mass is 404 g/mol. The molecule has 2 rings (SSSR count). The molecule has 1 aromatic heterocycles. The quantitative estimate of drug-likeness (QED) is 0.528. The number of rotatable bonds is 3. The van der Waals surface area contributed by atoms with Crippen LogP contribution in [0.2, 0.25) is 5.15 Å². The molecule has 1 aromatic carbocycles. The van der Waals surface area contributed by atoms with Crippen molar-refractivity contribution in [2.45, 2.75) is 27.2 Å². The van der Waals surface area contributed by atoms with Gasteiger partial charge in [-0.1, -0.05) is 25.4 Å². The molecule has 0 fully saturated rings. The van der Waals surface area contributed by atoms with Crippen molar-refractivity contribution in [3.05, 3.63) is 44.0 Å².